The van der Waals surface area contributed by atoms with Crippen molar-refractivity contribution in [2.45, 2.75) is 20.8 Å². The Balaban J connectivity index is 2.81. The first-order valence-electron chi connectivity index (χ1n) is 5.53. The highest BCUT2D eigenvalue weighted by atomic mass is 16.6. The highest BCUT2D eigenvalue weighted by Gasteiger charge is 2.24. The number of nitrogens with zero attached hydrogens (tertiary/aromatic N) is 1. The van der Waals surface area contributed by atoms with E-state index in [0.717, 1.165) is 11.3 Å². The maximum Gasteiger partial charge on any atom is 0.269 e. The van der Waals surface area contributed by atoms with Gasteiger partial charge in [-0.05, 0) is 32.4 Å². The van der Waals surface area contributed by atoms with Crippen molar-refractivity contribution in [2.75, 3.05) is 11.9 Å². The van der Waals surface area contributed by atoms with E-state index in [4.69, 9.17) is 5.73 Å². The van der Waals surface area contributed by atoms with E-state index < -0.39 is 16.2 Å². The number of hydrogen-bond acceptors (Lipinski definition) is 4. The first-order valence-corrected chi connectivity index (χ1v) is 5.53. The monoisotopic (exact) mass is 251 g/mol. The average Bonchev–Trinajstić information content (AvgIpc) is 2.26. The van der Waals surface area contributed by atoms with E-state index in [-0.39, 0.29) is 5.69 Å². The predicted molar refractivity (Wildman–Crippen MR) is 69.3 cm³/mol. The lowest BCUT2D eigenvalue weighted by molar-refractivity contribution is -0.384. The summed E-state index contributed by atoms with van der Waals surface area (Å²) >= 11 is 0. The van der Waals surface area contributed by atoms with Gasteiger partial charge in [0.1, 0.15) is 0 Å². The first-order chi connectivity index (χ1) is 8.24. The van der Waals surface area contributed by atoms with Crippen molar-refractivity contribution in [3.63, 3.8) is 0 Å². The zero-order chi connectivity index (χ0) is 13.9. The van der Waals surface area contributed by atoms with Crippen molar-refractivity contribution in [3.8, 4) is 0 Å². The van der Waals surface area contributed by atoms with Gasteiger partial charge >= 0.3 is 0 Å². The third kappa shape index (κ3) is 3.19. The summed E-state index contributed by atoms with van der Waals surface area (Å²) in [5.74, 6) is -0.394. The lowest BCUT2D eigenvalue weighted by Gasteiger charge is -2.22. The number of benzene rings is 1. The van der Waals surface area contributed by atoms with Crippen LogP contribution in [-0.4, -0.2) is 17.4 Å². The molecule has 1 aromatic carbocycles. The van der Waals surface area contributed by atoms with Gasteiger partial charge in [0, 0.05) is 24.4 Å². The fourth-order valence-electron chi connectivity index (χ4n) is 1.36. The van der Waals surface area contributed by atoms with Crippen molar-refractivity contribution >= 4 is 17.3 Å². The quantitative estimate of drug-likeness (QED) is 0.616. The van der Waals surface area contributed by atoms with Gasteiger partial charge in [0.15, 0.2) is 0 Å². The minimum atomic E-state index is -0.672. The second-order valence-corrected chi connectivity index (χ2v) is 4.86. The molecular formula is C12H17N3O3. The SMILES string of the molecule is Cc1cc([N+](=O)[O-])ccc1NCC(C)(C)C(N)=O. The summed E-state index contributed by atoms with van der Waals surface area (Å²) in [4.78, 5) is 21.3. The van der Waals surface area contributed by atoms with Crippen molar-refractivity contribution in [3.05, 3.63) is 33.9 Å². The number of non-ortho nitro benzene ring substituents is 1. The van der Waals surface area contributed by atoms with Crippen LogP contribution in [0.5, 0.6) is 0 Å². The predicted octanol–water partition coefficient (Wildman–Crippen LogP) is 1.83. The summed E-state index contributed by atoms with van der Waals surface area (Å²) in [7, 11) is 0. The van der Waals surface area contributed by atoms with Crippen molar-refractivity contribution < 1.29 is 9.72 Å². The maximum atomic E-state index is 11.2. The Hall–Kier alpha value is -2.11. The molecule has 1 rings (SSSR count). The summed E-state index contributed by atoms with van der Waals surface area (Å²) < 4.78 is 0. The number of hydrogen-bond donors (Lipinski definition) is 2. The molecule has 0 bridgehead atoms. The number of carbonyl (C=O) groups is 1. The Morgan fingerprint density at radius 3 is 2.56 bits per heavy atom. The van der Waals surface area contributed by atoms with Crippen LogP contribution in [0.3, 0.4) is 0 Å². The summed E-state index contributed by atoms with van der Waals surface area (Å²) in [5, 5.41) is 13.7. The molecule has 98 valence electrons. The molecule has 0 saturated heterocycles. The summed E-state index contributed by atoms with van der Waals surface area (Å²) in [6.07, 6.45) is 0. The van der Waals surface area contributed by atoms with Gasteiger partial charge in [-0.3, -0.25) is 14.9 Å². The molecule has 0 aromatic heterocycles. The van der Waals surface area contributed by atoms with Crippen LogP contribution < -0.4 is 11.1 Å². The molecule has 0 radical (unpaired) electrons. The van der Waals surface area contributed by atoms with Crippen LogP contribution in [0.1, 0.15) is 19.4 Å². The lowest BCUT2D eigenvalue weighted by atomic mass is 9.92. The number of nitrogens with one attached hydrogen (secondary N) is 1. The number of primary amides is 1. The minimum absolute atomic E-state index is 0.0483. The highest BCUT2D eigenvalue weighted by Crippen LogP contribution is 2.23. The number of aryl methyl sites for hydroxylation is 1. The maximum absolute atomic E-state index is 11.2. The van der Waals surface area contributed by atoms with Crippen molar-refractivity contribution in [2.24, 2.45) is 11.1 Å². The molecule has 0 aliphatic rings. The van der Waals surface area contributed by atoms with Gasteiger partial charge in [-0.25, -0.2) is 0 Å². The Labute approximate surface area is 105 Å². The van der Waals surface area contributed by atoms with Gasteiger partial charge in [-0.1, -0.05) is 0 Å². The third-order valence-electron chi connectivity index (χ3n) is 2.81. The van der Waals surface area contributed by atoms with Gasteiger partial charge in [0.2, 0.25) is 5.91 Å². The van der Waals surface area contributed by atoms with Gasteiger partial charge < -0.3 is 11.1 Å². The van der Waals surface area contributed by atoms with E-state index in [0.29, 0.717) is 6.54 Å². The molecule has 1 amide bonds. The van der Waals surface area contributed by atoms with Crippen LogP contribution >= 0.6 is 0 Å². The minimum Gasteiger partial charge on any atom is -0.384 e. The fourth-order valence-corrected chi connectivity index (χ4v) is 1.36. The number of nitro benzene ring substituents is 1. The van der Waals surface area contributed by atoms with Gasteiger partial charge in [0.05, 0.1) is 10.3 Å². The van der Waals surface area contributed by atoms with E-state index >= 15 is 0 Å². The largest absolute Gasteiger partial charge is 0.384 e. The number of carbonyl (C=O) groups excluding carboxylic acids is 1. The van der Waals surface area contributed by atoms with Crippen LogP contribution in [0, 0.1) is 22.5 Å². The molecule has 0 heterocycles. The molecule has 18 heavy (non-hydrogen) atoms. The molecule has 0 fully saturated rings. The Morgan fingerprint density at radius 1 is 1.50 bits per heavy atom. The Morgan fingerprint density at radius 2 is 2.11 bits per heavy atom. The highest BCUT2D eigenvalue weighted by molar-refractivity contribution is 5.80. The van der Waals surface area contributed by atoms with Gasteiger partial charge in [-0.2, -0.15) is 0 Å². The van der Waals surface area contributed by atoms with Gasteiger partial charge in [-0.15, -0.1) is 0 Å². The van der Waals surface area contributed by atoms with E-state index in [2.05, 4.69) is 5.32 Å². The van der Waals surface area contributed by atoms with Crippen LogP contribution in [-0.2, 0) is 4.79 Å². The topological polar surface area (TPSA) is 98.3 Å². The smallest absolute Gasteiger partial charge is 0.269 e. The number of nitrogens with two attached hydrogens (primary N) is 1. The molecule has 3 N–H and O–H groups in total. The third-order valence-corrected chi connectivity index (χ3v) is 2.81. The average molecular weight is 251 g/mol. The van der Waals surface area contributed by atoms with Crippen molar-refractivity contribution in [1.82, 2.24) is 0 Å². The molecule has 0 spiro atoms. The Kier molecular flexibility index (Phi) is 3.90. The normalized spacial score (nSPS) is 11.1. The molecule has 0 aliphatic heterocycles. The molecule has 0 aliphatic carbocycles. The zero-order valence-electron chi connectivity index (χ0n) is 10.7. The molecule has 1 aromatic rings. The summed E-state index contributed by atoms with van der Waals surface area (Å²) in [6.45, 7) is 5.62. The first kappa shape index (κ1) is 14.0. The number of rotatable bonds is 5. The van der Waals surface area contributed by atoms with Crippen LogP contribution in [0.2, 0.25) is 0 Å². The lowest BCUT2D eigenvalue weighted by Crippen LogP contribution is -2.37. The molecule has 0 unspecified atom stereocenters. The molecule has 6 nitrogen and oxygen atoms in total. The second-order valence-electron chi connectivity index (χ2n) is 4.86. The van der Waals surface area contributed by atoms with Crippen LogP contribution in [0.15, 0.2) is 18.2 Å². The molecule has 6 heteroatoms. The number of nitro groups is 1. The number of amides is 1. The summed E-state index contributed by atoms with van der Waals surface area (Å²) in [6, 6.07) is 4.54. The van der Waals surface area contributed by atoms with E-state index in [1.165, 1.54) is 12.1 Å². The van der Waals surface area contributed by atoms with Crippen LogP contribution in [0.4, 0.5) is 11.4 Å². The number of anilines is 1. The second kappa shape index (κ2) is 5.03. The molecule has 0 saturated carbocycles. The fraction of sp³-hybridized carbons (Fsp3) is 0.417. The van der Waals surface area contributed by atoms with Gasteiger partial charge in [0.25, 0.3) is 5.69 Å². The molecule has 0 atom stereocenters. The standard InChI is InChI=1S/C12H17N3O3/c1-8-6-9(15(17)18)4-5-10(8)14-7-12(2,3)11(13)16/h4-6,14H,7H2,1-3H3,(H2,13,16). The summed E-state index contributed by atoms with van der Waals surface area (Å²) in [5.41, 5.74) is 6.16. The van der Waals surface area contributed by atoms with E-state index in [1.54, 1.807) is 26.8 Å². The molecular weight excluding hydrogens is 234 g/mol. The Bertz CT molecular complexity index is 483. The zero-order valence-corrected chi connectivity index (χ0v) is 10.7. The van der Waals surface area contributed by atoms with Crippen molar-refractivity contribution in [1.29, 1.82) is 0 Å². The van der Waals surface area contributed by atoms with E-state index in [1.807, 2.05) is 0 Å². The van der Waals surface area contributed by atoms with E-state index in [9.17, 15) is 14.9 Å². The van der Waals surface area contributed by atoms with Crippen LogP contribution in [0.25, 0.3) is 0 Å².